The zero-order chi connectivity index (χ0) is 17.1. The summed E-state index contributed by atoms with van der Waals surface area (Å²) in [6.07, 6.45) is 1.37. The third-order valence-electron chi connectivity index (χ3n) is 3.24. The smallest absolute Gasteiger partial charge is 0.253 e. The van der Waals surface area contributed by atoms with E-state index in [1.165, 1.54) is 29.2 Å². The Kier molecular flexibility index (Phi) is 4.73. The highest BCUT2D eigenvalue weighted by Crippen LogP contribution is 2.20. The van der Waals surface area contributed by atoms with Gasteiger partial charge in [0.15, 0.2) is 0 Å². The molecule has 0 fully saturated rings. The van der Waals surface area contributed by atoms with Crippen LogP contribution in [0, 0.1) is 5.82 Å². The van der Waals surface area contributed by atoms with Crippen LogP contribution in [0.4, 0.5) is 4.39 Å². The summed E-state index contributed by atoms with van der Waals surface area (Å²) in [6, 6.07) is 9.04. The van der Waals surface area contributed by atoms with Crippen LogP contribution in [-0.2, 0) is 6.54 Å². The highest BCUT2D eigenvalue weighted by Gasteiger charge is 2.14. The fraction of sp³-hybridized carbons (Fsp3) is 0.0667. The number of hydrogen-bond acceptors (Lipinski definition) is 4. The predicted octanol–water partition coefficient (Wildman–Crippen LogP) is 3.04. The van der Waals surface area contributed by atoms with Gasteiger partial charge in [0.1, 0.15) is 12.1 Å². The number of rotatable bonds is 4. The molecule has 1 N–H and O–H groups in total. The molecule has 0 unspecified atom stereocenters. The lowest BCUT2D eigenvalue weighted by atomic mass is 10.1. The molecule has 0 saturated carbocycles. The summed E-state index contributed by atoms with van der Waals surface area (Å²) in [5.41, 5.74) is 1.46. The lowest BCUT2D eigenvalue weighted by Gasteiger charge is -2.10. The fourth-order valence-electron chi connectivity index (χ4n) is 2.09. The van der Waals surface area contributed by atoms with E-state index >= 15 is 0 Å². The monoisotopic (exact) mass is 365 g/mol. The van der Waals surface area contributed by atoms with E-state index in [9.17, 15) is 9.18 Å². The number of nitrogens with one attached hydrogen (secondary N) is 1. The maximum Gasteiger partial charge on any atom is 0.253 e. The van der Waals surface area contributed by atoms with Crippen molar-refractivity contribution in [2.45, 2.75) is 6.54 Å². The van der Waals surface area contributed by atoms with Crippen molar-refractivity contribution >= 4 is 29.1 Å². The van der Waals surface area contributed by atoms with Gasteiger partial charge in [0.2, 0.25) is 0 Å². The van der Waals surface area contributed by atoms with E-state index in [0.29, 0.717) is 21.8 Å². The SMILES string of the molecule is O=C(NCc1ccc(F)c(Cl)c1)c1cc(Cl)ccc1-n1cnnn1. The first-order valence-corrected chi connectivity index (χ1v) is 7.55. The maximum atomic E-state index is 13.2. The van der Waals surface area contributed by atoms with E-state index in [2.05, 4.69) is 20.8 Å². The molecule has 0 aliphatic heterocycles. The van der Waals surface area contributed by atoms with Gasteiger partial charge in [-0.05, 0) is 46.3 Å². The van der Waals surface area contributed by atoms with Crippen LogP contribution in [0.25, 0.3) is 5.69 Å². The van der Waals surface area contributed by atoms with Crippen molar-refractivity contribution < 1.29 is 9.18 Å². The molecule has 0 radical (unpaired) electrons. The van der Waals surface area contributed by atoms with E-state index in [0.717, 1.165) is 0 Å². The van der Waals surface area contributed by atoms with Gasteiger partial charge in [0.05, 0.1) is 16.3 Å². The second-order valence-electron chi connectivity index (χ2n) is 4.85. The molecule has 0 aliphatic carbocycles. The van der Waals surface area contributed by atoms with Gasteiger partial charge < -0.3 is 5.32 Å². The van der Waals surface area contributed by atoms with E-state index < -0.39 is 5.82 Å². The minimum atomic E-state index is -0.512. The number of hydrogen-bond donors (Lipinski definition) is 1. The quantitative estimate of drug-likeness (QED) is 0.771. The molecule has 24 heavy (non-hydrogen) atoms. The maximum absolute atomic E-state index is 13.2. The van der Waals surface area contributed by atoms with Crippen molar-refractivity contribution in [3.63, 3.8) is 0 Å². The van der Waals surface area contributed by atoms with E-state index in [4.69, 9.17) is 23.2 Å². The van der Waals surface area contributed by atoms with Gasteiger partial charge in [-0.25, -0.2) is 4.39 Å². The Labute approximate surface area is 146 Å². The second-order valence-corrected chi connectivity index (χ2v) is 5.69. The average molecular weight is 366 g/mol. The first-order valence-electron chi connectivity index (χ1n) is 6.79. The van der Waals surface area contributed by atoms with Crippen molar-refractivity contribution in [1.82, 2.24) is 25.5 Å². The van der Waals surface area contributed by atoms with Crippen LogP contribution in [0.5, 0.6) is 0 Å². The van der Waals surface area contributed by atoms with Crippen LogP contribution in [0.1, 0.15) is 15.9 Å². The van der Waals surface area contributed by atoms with E-state index in [1.54, 1.807) is 18.2 Å². The Morgan fingerprint density at radius 1 is 1.21 bits per heavy atom. The van der Waals surface area contributed by atoms with Crippen molar-refractivity contribution in [2.75, 3.05) is 0 Å². The fourth-order valence-corrected chi connectivity index (χ4v) is 2.46. The number of benzene rings is 2. The molecule has 1 aromatic heterocycles. The molecule has 2 aromatic carbocycles. The molecule has 3 rings (SSSR count). The highest BCUT2D eigenvalue weighted by molar-refractivity contribution is 6.31. The Morgan fingerprint density at radius 2 is 2.04 bits per heavy atom. The summed E-state index contributed by atoms with van der Waals surface area (Å²) < 4.78 is 14.5. The molecule has 6 nitrogen and oxygen atoms in total. The standard InChI is InChI=1S/C15H10Cl2FN5O/c16-10-2-4-14(23-8-20-21-22-23)11(6-10)15(24)19-7-9-1-3-13(18)12(17)5-9/h1-6,8H,7H2,(H,19,24). The minimum Gasteiger partial charge on any atom is -0.348 e. The molecule has 0 saturated heterocycles. The van der Waals surface area contributed by atoms with Crippen LogP contribution >= 0.6 is 23.2 Å². The Bertz CT molecular complexity index is 886. The van der Waals surface area contributed by atoms with Crippen LogP contribution in [0.2, 0.25) is 10.0 Å². The molecule has 3 aromatic rings. The van der Waals surface area contributed by atoms with Crippen molar-refractivity contribution in [3.8, 4) is 5.69 Å². The minimum absolute atomic E-state index is 0.00103. The zero-order valence-corrected chi connectivity index (χ0v) is 13.6. The highest BCUT2D eigenvalue weighted by atomic mass is 35.5. The summed E-state index contributed by atoms with van der Waals surface area (Å²) in [5, 5.41) is 14.0. The van der Waals surface area contributed by atoms with E-state index in [-0.39, 0.29) is 17.5 Å². The number of halogens is 3. The molecule has 1 amide bonds. The van der Waals surface area contributed by atoms with Crippen molar-refractivity contribution in [2.24, 2.45) is 0 Å². The number of tetrazole rings is 1. The third-order valence-corrected chi connectivity index (χ3v) is 3.76. The molecule has 0 atom stereocenters. The molecule has 122 valence electrons. The largest absolute Gasteiger partial charge is 0.348 e. The first kappa shape index (κ1) is 16.4. The number of aromatic nitrogens is 4. The molecule has 0 aliphatic rings. The van der Waals surface area contributed by atoms with Crippen LogP contribution < -0.4 is 5.32 Å². The lowest BCUT2D eigenvalue weighted by Crippen LogP contribution is -2.24. The van der Waals surface area contributed by atoms with Crippen molar-refractivity contribution in [1.29, 1.82) is 0 Å². The summed E-state index contributed by atoms with van der Waals surface area (Å²) in [7, 11) is 0. The van der Waals surface area contributed by atoms with Crippen molar-refractivity contribution in [3.05, 3.63) is 69.7 Å². The van der Waals surface area contributed by atoms with Gasteiger partial charge in [-0.2, -0.15) is 4.68 Å². The lowest BCUT2D eigenvalue weighted by molar-refractivity contribution is 0.0950. The first-order chi connectivity index (χ1) is 11.5. The topological polar surface area (TPSA) is 72.7 Å². The number of amides is 1. The Balaban J connectivity index is 1.82. The zero-order valence-electron chi connectivity index (χ0n) is 12.1. The summed E-state index contributed by atoms with van der Waals surface area (Å²) in [4.78, 5) is 12.5. The van der Waals surface area contributed by atoms with Gasteiger partial charge in [-0.1, -0.05) is 29.3 Å². The van der Waals surface area contributed by atoms with Crippen LogP contribution in [0.3, 0.4) is 0 Å². The van der Waals surface area contributed by atoms with E-state index in [1.807, 2.05) is 0 Å². The second kappa shape index (κ2) is 6.94. The molecule has 1 heterocycles. The van der Waals surface area contributed by atoms with Gasteiger partial charge in [-0.15, -0.1) is 5.10 Å². The van der Waals surface area contributed by atoms with Crippen LogP contribution in [0.15, 0.2) is 42.7 Å². The molecular weight excluding hydrogens is 356 g/mol. The molecular formula is C15H10Cl2FN5O. The molecule has 0 spiro atoms. The summed E-state index contributed by atoms with van der Waals surface area (Å²) in [5.74, 6) is -0.883. The Morgan fingerprint density at radius 3 is 2.75 bits per heavy atom. The summed E-state index contributed by atoms with van der Waals surface area (Å²) in [6.45, 7) is 0.181. The predicted molar refractivity (Wildman–Crippen MR) is 86.7 cm³/mol. The van der Waals surface area contributed by atoms with Gasteiger partial charge in [-0.3, -0.25) is 4.79 Å². The number of nitrogens with zero attached hydrogens (tertiary/aromatic N) is 4. The normalized spacial score (nSPS) is 10.6. The van der Waals surface area contributed by atoms with Gasteiger partial charge in [0.25, 0.3) is 5.91 Å². The van der Waals surface area contributed by atoms with Gasteiger partial charge >= 0.3 is 0 Å². The van der Waals surface area contributed by atoms with Gasteiger partial charge in [0, 0.05) is 11.6 Å². The Hall–Kier alpha value is -2.51. The summed E-state index contributed by atoms with van der Waals surface area (Å²) >= 11 is 11.7. The number of carbonyl (C=O) groups is 1. The third kappa shape index (κ3) is 3.52. The molecule has 0 bridgehead atoms. The average Bonchev–Trinajstić information content (AvgIpc) is 3.10. The number of carbonyl (C=O) groups excluding carboxylic acids is 1. The van der Waals surface area contributed by atoms with Crippen LogP contribution in [-0.4, -0.2) is 26.1 Å². The molecule has 9 heteroatoms.